The maximum atomic E-state index is 12.7. The summed E-state index contributed by atoms with van der Waals surface area (Å²) in [6, 6.07) is 5.35. The lowest BCUT2D eigenvalue weighted by molar-refractivity contribution is 0.0771. The number of likely N-dealkylation sites (tertiary alicyclic amines) is 1. The molecular weight excluding hydrogens is 266 g/mol. The van der Waals surface area contributed by atoms with Crippen LogP contribution in [0.5, 0.6) is 5.75 Å². The van der Waals surface area contributed by atoms with E-state index in [-0.39, 0.29) is 5.91 Å². The molecule has 1 fully saturated rings. The van der Waals surface area contributed by atoms with Crippen molar-refractivity contribution in [1.29, 1.82) is 0 Å². The van der Waals surface area contributed by atoms with Crippen molar-refractivity contribution < 1.29 is 9.53 Å². The van der Waals surface area contributed by atoms with Crippen LogP contribution in [-0.2, 0) is 0 Å². The van der Waals surface area contributed by atoms with Crippen LogP contribution in [0.2, 0.25) is 0 Å². The quantitative estimate of drug-likeness (QED) is 0.839. The van der Waals surface area contributed by atoms with E-state index in [1.165, 1.54) is 0 Å². The molecule has 2 N–H and O–H groups in total. The number of amides is 1. The second-order valence-electron chi connectivity index (χ2n) is 5.76. The maximum Gasteiger partial charge on any atom is 0.259 e. The van der Waals surface area contributed by atoms with Gasteiger partial charge in [-0.25, -0.2) is 0 Å². The monoisotopic (exact) mass is 291 g/mol. The first-order valence-electron chi connectivity index (χ1n) is 7.48. The molecule has 0 bridgehead atoms. The van der Waals surface area contributed by atoms with E-state index in [2.05, 4.69) is 11.9 Å². The van der Waals surface area contributed by atoms with Crippen LogP contribution in [0.4, 0.5) is 5.69 Å². The van der Waals surface area contributed by atoms with Gasteiger partial charge in [0.05, 0.1) is 6.61 Å². The van der Waals surface area contributed by atoms with Gasteiger partial charge in [-0.05, 0) is 45.0 Å². The SMILES string of the molecule is CCOc1cccc(N)c1C(=O)N(C)CC1CCN(C)C1. The van der Waals surface area contributed by atoms with Gasteiger partial charge in [0, 0.05) is 25.8 Å². The van der Waals surface area contributed by atoms with Crippen LogP contribution in [0.1, 0.15) is 23.7 Å². The van der Waals surface area contributed by atoms with Crippen LogP contribution >= 0.6 is 0 Å². The number of benzene rings is 1. The van der Waals surface area contributed by atoms with E-state index in [1.54, 1.807) is 17.0 Å². The molecule has 0 aromatic heterocycles. The number of hydrogen-bond acceptors (Lipinski definition) is 4. The Hall–Kier alpha value is -1.75. The van der Waals surface area contributed by atoms with E-state index in [0.717, 1.165) is 26.1 Å². The third-order valence-electron chi connectivity index (χ3n) is 3.94. The van der Waals surface area contributed by atoms with Gasteiger partial charge in [0.15, 0.2) is 0 Å². The predicted molar refractivity (Wildman–Crippen MR) is 84.6 cm³/mol. The highest BCUT2D eigenvalue weighted by atomic mass is 16.5. The van der Waals surface area contributed by atoms with Crippen LogP contribution in [-0.4, -0.2) is 56.0 Å². The van der Waals surface area contributed by atoms with Crippen LogP contribution in [0, 0.1) is 5.92 Å². The number of nitrogens with two attached hydrogens (primary N) is 1. The fraction of sp³-hybridized carbons (Fsp3) is 0.562. The Morgan fingerprint density at radius 1 is 1.52 bits per heavy atom. The molecule has 0 aliphatic carbocycles. The minimum atomic E-state index is -0.0638. The minimum absolute atomic E-state index is 0.0638. The summed E-state index contributed by atoms with van der Waals surface area (Å²) in [6.07, 6.45) is 1.14. The highest BCUT2D eigenvalue weighted by molar-refractivity contribution is 6.01. The minimum Gasteiger partial charge on any atom is -0.493 e. The number of carbonyl (C=O) groups excluding carboxylic acids is 1. The van der Waals surface area contributed by atoms with Gasteiger partial charge in [-0.3, -0.25) is 4.79 Å². The lowest BCUT2D eigenvalue weighted by Crippen LogP contribution is -2.33. The first-order valence-corrected chi connectivity index (χ1v) is 7.48. The van der Waals surface area contributed by atoms with E-state index < -0.39 is 0 Å². The van der Waals surface area contributed by atoms with Crippen molar-refractivity contribution in [2.24, 2.45) is 5.92 Å². The van der Waals surface area contributed by atoms with E-state index in [4.69, 9.17) is 10.5 Å². The zero-order valence-electron chi connectivity index (χ0n) is 13.1. The van der Waals surface area contributed by atoms with E-state index in [0.29, 0.717) is 29.5 Å². The molecule has 0 radical (unpaired) electrons. The zero-order chi connectivity index (χ0) is 15.4. The molecule has 1 atom stereocenters. The molecule has 1 aromatic rings. The Morgan fingerprint density at radius 2 is 2.29 bits per heavy atom. The number of nitrogens with zero attached hydrogens (tertiary/aromatic N) is 2. The first kappa shape index (κ1) is 15.6. The number of ether oxygens (including phenoxy) is 1. The van der Waals surface area contributed by atoms with Crippen LogP contribution in [0.3, 0.4) is 0 Å². The Balaban J connectivity index is 2.11. The highest BCUT2D eigenvalue weighted by Gasteiger charge is 2.25. The fourth-order valence-electron chi connectivity index (χ4n) is 2.89. The lowest BCUT2D eigenvalue weighted by atomic mass is 10.1. The van der Waals surface area contributed by atoms with Gasteiger partial charge in [-0.1, -0.05) is 6.07 Å². The molecule has 1 saturated heterocycles. The molecule has 0 spiro atoms. The highest BCUT2D eigenvalue weighted by Crippen LogP contribution is 2.26. The van der Waals surface area contributed by atoms with Gasteiger partial charge in [-0.15, -0.1) is 0 Å². The largest absolute Gasteiger partial charge is 0.493 e. The van der Waals surface area contributed by atoms with E-state index in [1.807, 2.05) is 20.0 Å². The van der Waals surface area contributed by atoms with Gasteiger partial charge < -0.3 is 20.3 Å². The molecule has 5 heteroatoms. The Morgan fingerprint density at radius 3 is 2.90 bits per heavy atom. The average molecular weight is 291 g/mol. The average Bonchev–Trinajstić information content (AvgIpc) is 2.84. The molecule has 0 saturated carbocycles. The smallest absolute Gasteiger partial charge is 0.259 e. The Labute approximate surface area is 126 Å². The van der Waals surface area contributed by atoms with Crippen LogP contribution in [0.15, 0.2) is 18.2 Å². The molecule has 1 aromatic carbocycles. The fourth-order valence-corrected chi connectivity index (χ4v) is 2.89. The molecular formula is C16H25N3O2. The first-order chi connectivity index (χ1) is 10.0. The Kier molecular flexibility index (Phi) is 5.07. The molecule has 2 rings (SSSR count). The lowest BCUT2D eigenvalue weighted by Gasteiger charge is -2.23. The number of nitrogen functional groups attached to an aromatic ring is 1. The number of rotatable bonds is 5. The van der Waals surface area contributed by atoms with Gasteiger partial charge in [0.2, 0.25) is 0 Å². The topological polar surface area (TPSA) is 58.8 Å². The van der Waals surface area contributed by atoms with Crippen molar-refractivity contribution in [2.75, 3.05) is 46.1 Å². The summed E-state index contributed by atoms with van der Waals surface area (Å²) in [5.74, 6) is 1.04. The maximum absolute atomic E-state index is 12.7. The van der Waals surface area contributed by atoms with Crippen molar-refractivity contribution >= 4 is 11.6 Å². The summed E-state index contributed by atoms with van der Waals surface area (Å²) in [7, 11) is 3.95. The normalized spacial score (nSPS) is 18.7. The van der Waals surface area contributed by atoms with Crippen LogP contribution < -0.4 is 10.5 Å². The van der Waals surface area contributed by atoms with Crippen molar-refractivity contribution in [3.8, 4) is 5.75 Å². The molecule has 1 unspecified atom stereocenters. The third-order valence-corrected chi connectivity index (χ3v) is 3.94. The summed E-state index contributed by atoms with van der Waals surface area (Å²) >= 11 is 0. The second-order valence-corrected chi connectivity index (χ2v) is 5.76. The van der Waals surface area contributed by atoms with Gasteiger partial charge in [0.1, 0.15) is 11.3 Å². The van der Waals surface area contributed by atoms with Crippen molar-refractivity contribution in [1.82, 2.24) is 9.80 Å². The predicted octanol–water partition coefficient (Wildman–Crippen LogP) is 1.69. The Bertz CT molecular complexity index is 504. The van der Waals surface area contributed by atoms with Gasteiger partial charge in [0.25, 0.3) is 5.91 Å². The van der Waals surface area contributed by atoms with Crippen molar-refractivity contribution in [3.05, 3.63) is 23.8 Å². The molecule has 21 heavy (non-hydrogen) atoms. The van der Waals surface area contributed by atoms with Gasteiger partial charge in [-0.2, -0.15) is 0 Å². The summed E-state index contributed by atoms with van der Waals surface area (Å²) in [4.78, 5) is 16.7. The standard InChI is InChI=1S/C16H25N3O2/c1-4-21-14-7-5-6-13(17)15(14)16(20)19(3)11-12-8-9-18(2)10-12/h5-7,12H,4,8-11,17H2,1-3H3. The molecule has 1 amide bonds. The summed E-state index contributed by atoms with van der Waals surface area (Å²) in [6.45, 7) is 5.31. The van der Waals surface area contributed by atoms with Crippen LogP contribution in [0.25, 0.3) is 0 Å². The second kappa shape index (κ2) is 6.80. The molecule has 1 aliphatic rings. The molecule has 1 aliphatic heterocycles. The van der Waals surface area contributed by atoms with E-state index >= 15 is 0 Å². The third kappa shape index (κ3) is 3.67. The molecule has 5 nitrogen and oxygen atoms in total. The molecule has 1 heterocycles. The van der Waals surface area contributed by atoms with Crippen molar-refractivity contribution in [3.63, 3.8) is 0 Å². The summed E-state index contributed by atoms with van der Waals surface area (Å²) in [5, 5.41) is 0. The van der Waals surface area contributed by atoms with Crippen molar-refractivity contribution in [2.45, 2.75) is 13.3 Å². The summed E-state index contributed by atoms with van der Waals surface area (Å²) in [5.41, 5.74) is 6.94. The van der Waals surface area contributed by atoms with Gasteiger partial charge >= 0.3 is 0 Å². The number of anilines is 1. The van der Waals surface area contributed by atoms with E-state index in [9.17, 15) is 4.79 Å². The zero-order valence-corrected chi connectivity index (χ0v) is 13.1. The summed E-state index contributed by atoms with van der Waals surface area (Å²) < 4.78 is 5.54. The number of hydrogen-bond donors (Lipinski definition) is 1. The number of carbonyl (C=O) groups is 1. The molecule has 116 valence electrons.